The van der Waals surface area contributed by atoms with Crippen LogP contribution in [-0.2, 0) is 16.0 Å². The number of para-hydroxylation sites is 1. The van der Waals surface area contributed by atoms with E-state index in [1.807, 2.05) is 44.2 Å². The molecule has 1 aliphatic rings. The Bertz CT molecular complexity index is 999. The molecule has 1 unspecified atom stereocenters. The molecule has 0 spiro atoms. The minimum absolute atomic E-state index is 0.150. The van der Waals surface area contributed by atoms with Crippen LogP contribution in [-0.4, -0.2) is 44.7 Å². The van der Waals surface area contributed by atoms with Crippen molar-refractivity contribution in [3.05, 3.63) is 59.4 Å². The van der Waals surface area contributed by atoms with Gasteiger partial charge in [0.25, 0.3) is 0 Å². The van der Waals surface area contributed by atoms with E-state index in [1.165, 1.54) is 25.0 Å². The number of carbonyl (C=O) groups is 1. The van der Waals surface area contributed by atoms with Gasteiger partial charge in [-0.25, -0.2) is 4.39 Å². The number of benzene rings is 2. The first-order valence-electron chi connectivity index (χ1n) is 14.2. The predicted molar refractivity (Wildman–Crippen MR) is 150 cm³/mol. The van der Waals surface area contributed by atoms with Crippen LogP contribution in [0.2, 0.25) is 0 Å². The average Bonchev–Trinajstić information content (AvgIpc) is 2.93. The Kier molecular flexibility index (Phi) is 11.4. The van der Waals surface area contributed by atoms with Crippen molar-refractivity contribution in [3.63, 3.8) is 0 Å². The number of halogens is 1. The third-order valence-electron chi connectivity index (χ3n) is 7.87. The van der Waals surface area contributed by atoms with Crippen LogP contribution in [0.25, 0.3) is 0 Å². The average molecular weight is 528 g/mol. The van der Waals surface area contributed by atoms with Crippen molar-refractivity contribution in [1.82, 2.24) is 4.90 Å². The lowest BCUT2D eigenvalue weighted by Crippen LogP contribution is -2.38. The van der Waals surface area contributed by atoms with E-state index in [1.54, 1.807) is 14.2 Å². The molecule has 210 valence electrons. The van der Waals surface area contributed by atoms with Crippen LogP contribution in [0.1, 0.15) is 82.9 Å². The molecule has 5 nitrogen and oxygen atoms in total. The fourth-order valence-corrected chi connectivity index (χ4v) is 5.34. The zero-order chi connectivity index (χ0) is 27.5. The standard InChI is InChI=1S/C32H46FNO4/c1-6-7-8-9-20-32(2,3)31(35)38-29(27-11-10-12-28(36-4)30(27)37-5)25-18-22-34(23-19-25)21-17-24-13-15-26(33)16-14-24/h10-16,25,29H,6-9,17-23H2,1-5H3. The van der Waals surface area contributed by atoms with Gasteiger partial charge < -0.3 is 19.1 Å². The largest absolute Gasteiger partial charge is 0.493 e. The number of methoxy groups -OCH3 is 2. The summed E-state index contributed by atoms with van der Waals surface area (Å²) in [5, 5.41) is 0. The lowest BCUT2D eigenvalue weighted by atomic mass is 9.84. The molecule has 2 aromatic rings. The van der Waals surface area contributed by atoms with Gasteiger partial charge in [-0.1, -0.05) is 56.9 Å². The molecule has 1 fully saturated rings. The molecule has 0 amide bonds. The molecule has 2 aromatic carbocycles. The maximum Gasteiger partial charge on any atom is 0.312 e. The maximum atomic E-state index is 13.5. The van der Waals surface area contributed by atoms with Gasteiger partial charge >= 0.3 is 5.97 Å². The highest BCUT2D eigenvalue weighted by Crippen LogP contribution is 2.43. The fourth-order valence-electron chi connectivity index (χ4n) is 5.34. The molecule has 0 N–H and O–H groups in total. The molecule has 0 aliphatic carbocycles. The van der Waals surface area contributed by atoms with Crippen molar-refractivity contribution < 1.29 is 23.4 Å². The lowest BCUT2D eigenvalue weighted by Gasteiger charge is -2.37. The van der Waals surface area contributed by atoms with Gasteiger partial charge in [0.15, 0.2) is 11.5 Å². The minimum Gasteiger partial charge on any atom is -0.493 e. The predicted octanol–water partition coefficient (Wildman–Crippen LogP) is 7.38. The Morgan fingerprint density at radius 3 is 2.37 bits per heavy atom. The Hall–Kier alpha value is -2.60. The van der Waals surface area contributed by atoms with Crippen molar-refractivity contribution in [2.75, 3.05) is 33.9 Å². The molecular formula is C32H46FNO4. The number of rotatable bonds is 14. The van der Waals surface area contributed by atoms with Gasteiger partial charge in [-0.3, -0.25) is 4.79 Å². The van der Waals surface area contributed by atoms with E-state index in [9.17, 15) is 9.18 Å². The molecule has 0 radical (unpaired) electrons. The minimum atomic E-state index is -0.548. The second-order valence-electron chi connectivity index (χ2n) is 11.2. The first-order chi connectivity index (χ1) is 18.3. The van der Waals surface area contributed by atoms with E-state index in [0.29, 0.717) is 11.5 Å². The summed E-state index contributed by atoms with van der Waals surface area (Å²) in [6.45, 7) is 8.97. The highest BCUT2D eigenvalue weighted by molar-refractivity contribution is 5.76. The maximum absolute atomic E-state index is 13.5. The van der Waals surface area contributed by atoms with E-state index in [-0.39, 0.29) is 17.7 Å². The number of ether oxygens (including phenoxy) is 3. The van der Waals surface area contributed by atoms with Gasteiger partial charge in [-0.15, -0.1) is 0 Å². The van der Waals surface area contributed by atoms with Gasteiger partial charge in [0.1, 0.15) is 11.9 Å². The summed E-state index contributed by atoms with van der Waals surface area (Å²) in [7, 11) is 3.26. The summed E-state index contributed by atoms with van der Waals surface area (Å²) in [6.07, 6.45) is 7.65. The van der Waals surface area contributed by atoms with E-state index in [4.69, 9.17) is 14.2 Å². The molecule has 0 aromatic heterocycles. The van der Waals surface area contributed by atoms with Crippen LogP contribution in [0.4, 0.5) is 4.39 Å². The van der Waals surface area contributed by atoms with Crippen LogP contribution >= 0.6 is 0 Å². The number of hydrogen-bond acceptors (Lipinski definition) is 5. The quantitative estimate of drug-likeness (QED) is 0.189. The Labute approximate surface area is 228 Å². The van der Waals surface area contributed by atoms with Gasteiger partial charge in [0.05, 0.1) is 19.6 Å². The van der Waals surface area contributed by atoms with Crippen molar-refractivity contribution in [1.29, 1.82) is 0 Å². The first-order valence-corrected chi connectivity index (χ1v) is 14.2. The third kappa shape index (κ3) is 8.20. The molecular weight excluding hydrogens is 481 g/mol. The summed E-state index contributed by atoms with van der Waals surface area (Å²) >= 11 is 0. The molecule has 0 saturated carbocycles. The lowest BCUT2D eigenvalue weighted by molar-refractivity contribution is -0.164. The summed E-state index contributed by atoms with van der Waals surface area (Å²) in [5.41, 5.74) is 1.46. The van der Waals surface area contributed by atoms with E-state index in [0.717, 1.165) is 69.3 Å². The zero-order valence-corrected chi connectivity index (χ0v) is 23.9. The number of unbranched alkanes of at least 4 members (excludes halogenated alkanes) is 3. The number of hydrogen-bond donors (Lipinski definition) is 0. The van der Waals surface area contributed by atoms with Crippen molar-refractivity contribution >= 4 is 5.97 Å². The van der Waals surface area contributed by atoms with E-state index < -0.39 is 11.5 Å². The topological polar surface area (TPSA) is 48.0 Å². The smallest absolute Gasteiger partial charge is 0.312 e. The van der Waals surface area contributed by atoms with Gasteiger partial charge in [0.2, 0.25) is 0 Å². The summed E-state index contributed by atoms with van der Waals surface area (Å²) in [6, 6.07) is 12.6. The molecule has 38 heavy (non-hydrogen) atoms. The molecule has 1 aliphatic heterocycles. The number of piperidine rings is 1. The first kappa shape index (κ1) is 29.9. The Morgan fingerprint density at radius 2 is 1.74 bits per heavy atom. The zero-order valence-electron chi connectivity index (χ0n) is 23.9. The Morgan fingerprint density at radius 1 is 1.03 bits per heavy atom. The summed E-state index contributed by atoms with van der Waals surface area (Å²) in [5.74, 6) is 1.10. The second kappa shape index (κ2) is 14.5. The molecule has 6 heteroatoms. The van der Waals surface area contributed by atoms with Crippen LogP contribution in [0, 0.1) is 17.2 Å². The third-order valence-corrected chi connectivity index (χ3v) is 7.87. The number of nitrogens with zero attached hydrogens (tertiary/aromatic N) is 1. The number of likely N-dealkylation sites (tertiary alicyclic amines) is 1. The van der Waals surface area contributed by atoms with Crippen LogP contribution in [0.3, 0.4) is 0 Å². The number of carbonyl (C=O) groups excluding carboxylic acids is 1. The SMILES string of the molecule is CCCCCCC(C)(C)C(=O)OC(c1cccc(OC)c1OC)C1CCN(CCc2ccc(F)cc2)CC1. The van der Waals surface area contributed by atoms with Gasteiger partial charge in [-0.2, -0.15) is 0 Å². The van der Waals surface area contributed by atoms with Crippen LogP contribution in [0.15, 0.2) is 42.5 Å². The summed E-state index contributed by atoms with van der Waals surface area (Å²) < 4.78 is 30.9. The van der Waals surface area contributed by atoms with E-state index in [2.05, 4.69) is 11.8 Å². The highest BCUT2D eigenvalue weighted by atomic mass is 19.1. The molecule has 3 rings (SSSR count). The van der Waals surface area contributed by atoms with Crippen molar-refractivity contribution in [2.24, 2.45) is 11.3 Å². The van der Waals surface area contributed by atoms with Crippen molar-refractivity contribution in [2.45, 2.75) is 78.2 Å². The van der Waals surface area contributed by atoms with Gasteiger partial charge in [0, 0.05) is 18.0 Å². The van der Waals surface area contributed by atoms with Gasteiger partial charge in [-0.05, 0) is 76.4 Å². The second-order valence-corrected chi connectivity index (χ2v) is 11.2. The molecule has 0 bridgehead atoms. The summed E-state index contributed by atoms with van der Waals surface area (Å²) in [4.78, 5) is 16.0. The van der Waals surface area contributed by atoms with Crippen LogP contribution < -0.4 is 9.47 Å². The monoisotopic (exact) mass is 527 g/mol. The molecule has 1 saturated heterocycles. The fraction of sp³-hybridized carbons (Fsp3) is 0.594. The van der Waals surface area contributed by atoms with Crippen LogP contribution in [0.5, 0.6) is 11.5 Å². The Balaban J connectivity index is 1.72. The molecule has 1 heterocycles. The molecule has 1 atom stereocenters. The highest BCUT2D eigenvalue weighted by Gasteiger charge is 2.37. The normalized spacial score (nSPS) is 15.7. The van der Waals surface area contributed by atoms with Crippen molar-refractivity contribution in [3.8, 4) is 11.5 Å². The van der Waals surface area contributed by atoms with E-state index >= 15 is 0 Å². The number of esters is 1.